The van der Waals surface area contributed by atoms with Gasteiger partial charge in [-0.25, -0.2) is 9.18 Å². The van der Waals surface area contributed by atoms with Gasteiger partial charge in [-0.1, -0.05) is 11.6 Å². The molecule has 1 aromatic carbocycles. The summed E-state index contributed by atoms with van der Waals surface area (Å²) in [6.45, 7) is 0.231. The normalized spacial score (nSPS) is 30.2. The number of carbonyl (C=O) groups is 1. The van der Waals surface area contributed by atoms with Gasteiger partial charge in [0.1, 0.15) is 24.1 Å². The first-order chi connectivity index (χ1) is 12.5. The molecule has 2 bridgehead atoms. The first-order valence-electron chi connectivity index (χ1n) is 7.99. The molecule has 10 heteroatoms. The number of aliphatic hydroxyl groups is 1. The standard InChI is InChI=1S/C16H16ClFN4O4/c17-8-5-19-22(6-8)13-14(23)12(11-7-25-15(13)26-11)21-16(24)20-10-3-1-9(18)2-4-10/h1-6,11-15,23H,7H2,(H2,20,21,24)/t11-,12-,13-,14+,15-/m1/s1. The number of hydrogen-bond donors (Lipinski definition) is 3. The van der Waals surface area contributed by atoms with Gasteiger partial charge in [0.2, 0.25) is 0 Å². The van der Waals surface area contributed by atoms with Crippen LogP contribution < -0.4 is 10.6 Å². The third-order valence-corrected chi connectivity index (χ3v) is 4.60. The number of aliphatic hydroxyl groups excluding tert-OH is 1. The Bertz CT molecular complexity index is 802. The number of amides is 2. The quantitative estimate of drug-likeness (QED) is 0.747. The van der Waals surface area contributed by atoms with Crippen molar-refractivity contribution in [2.24, 2.45) is 0 Å². The number of carbonyl (C=O) groups excluding carboxylic acids is 1. The Balaban J connectivity index is 1.48. The summed E-state index contributed by atoms with van der Waals surface area (Å²) < 4.78 is 25.7. The highest BCUT2D eigenvalue weighted by Gasteiger charge is 2.51. The molecule has 2 aromatic rings. The van der Waals surface area contributed by atoms with Crippen LogP contribution in [-0.4, -0.2) is 52.1 Å². The fourth-order valence-corrected chi connectivity index (χ4v) is 3.33. The summed E-state index contributed by atoms with van der Waals surface area (Å²) in [7, 11) is 0. The molecule has 3 heterocycles. The van der Waals surface area contributed by atoms with Crippen molar-refractivity contribution in [3.05, 3.63) is 47.5 Å². The number of nitrogens with zero attached hydrogens (tertiary/aromatic N) is 2. The first kappa shape index (κ1) is 17.2. The Morgan fingerprint density at radius 2 is 2.15 bits per heavy atom. The van der Waals surface area contributed by atoms with Crippen molar-refractivity contribution in [2.45, 2.75) is 30.6 Å². The van der Waals surface area contributed by atoms with Crippen LogP contribution in [0.2, 0.25) is 5.02 Å². The molecule has 0 spiro atoms. The van der Waals surface area contributed by atoms with Crippen LogP contribution in [0, 0.1) is 5.82 Å². The van der Waals surface area contributed by atoms with Gasteiger partial charge in [0.25, 0.3) is 0 Å². The number of benzene rings is 1. The number of nitrogens with one attached hydrogen (secondary N) is 2. The molecule has 2 aliphatic rings. The van der Waals surface area contributed by atoms with Gasteiger partial charge in [0, 0.05) is 11.9 Å². The molecule has 0 radical (unpaired) electrons. The van der Waals surface area contributed by atoms with E-state index in [2.05, 4.69) is 15.7 Å². The number of aromatic nitrogens is 2. The van der Waals surface area contributed by atoms with E-state index in [1.807, 2.05) is 0 Å². The molecule has 2 amide bonds. The number of hydrogen-bond acceptors (Lipinski definition) is 5. The Morgan fingerprint density at radius 1 is 1.38 bits per heavy atom. The highest BCUT2D eigenvalue weighted by Crippen LogP contribution is 2.35. The second-order valence-corrected chi connectivity index (χ2v) is 6.56. The van der Waals surface area contributed by atoms with Crippen LogP contribution in [-0.2, 0) is 9.47 Å². The molecule has 4 rings (SSSR count). The zero-order valence-corrected chi connectivity index (χ0v) is 14.1. The van der Waals surface area contributed by atoms with Crippen molar-refractivity contribution >= 4 is 23.3 Å². The van der Waals surface area contributed by atoms with Crippen molar-refractivity contribution in [1.82, 2.24) is 15.1 Å². The summed E-state index contributed by atoms with van der Waals surface area (Å²) >= 11 is 5.90. The van der Waals surface area contributed by atoms with Crippen molar-refractivity contribution in [3.8, 4) is 0 Å². The summed E-state index contributed by atoms with van der Waals surface area (Å²) in [5.41, 5.74) is 0.422. The number of halogens is 2. The van der Waals surface area contributed by atoms with Crippen LogP contribution in [0.1, 0.15) is 6.04 Å². The highest BCUT2D eigenvalue weighted by atomic mass is 35.5. The Labute approximate surface area is 152 Å². The van der Waals surface area contributed by atoms with Gasteiger partial charge in [-0.05, 0) is 24.3 Å². The predicted octanol–water partition coefficient (Wildman–Crippen LogP) is 1.52. The fraction of sp³-hybridized carbons (Fsp3) is 0.375. The molecule has 0 saturated carbocycles. The largest absolute Gasteiger partial charge is 0.388 e. The topological polar surface area (TPSA) is 97.6 Å². The van der Waals surface area contributed by atoms with Crippen LogP contribution in [0.25, 0.3) is 0 Å². The summed E-state index contributed by atoms with van der Waals surface area (Å²) in [6, 6.07) is 3.42. The number of urea groups is 1. The number of rotatable bonds is 3. The lowest BCUT2D eigenvalue weighted by molar-refractivity contribution is -0.166. The number of anilines is 1. The molecule has 0 aliphatic carbocycles. The van der Waals surface area contributed by atoms with Gasteiger partial charge in [0.05, 0.1) is 23.9 Å². The average Bonchev–Trinajstić information content (AvgIpc) is 3.22. The minimum absolute atomic E-state index is 0.231. The zero-order valence-electron chi connectivity index (χ0n) is 13.4. The van der Waals surface area contributed by atoms with Gasteiger partial charge < -0.3 is 25.2 Å². The van der Waals surface area contributed by atoms with E-state index in [0.717, 1.165) is 0 Å². The lowest BCUT2D eigenvalue weighted by atomic mass is 9.96. The summed E-state index contributed by atoms with van der Waals surface area (Å²) in [6.07, 6.45) is 0.826. The molecule has 2 fully saturated rings. The highest BCUT2D eigenvalue weighted by molar-refractivity contribution is 6.30. The molecule has 8 nitrogen and oxygen atoms in total. The van der Waals surface area contributed by atoms with E-state index < -0.39 is 42.4 Å². The third kappa shape index (κ3) is 3.26. The molecule has 2 saturated heterocycles. The molecule has 1 aromatic heterocycles. The van der Waals surface area contributed by atoms with Crippen molar-refractivity contribution in [3.63, 3.8) is 0 Å². The van der Waals surface area contributed by atoms with E-state index in [0.29, 0.717) is 10.7 Å². The third-order valence-electron chi connectivity index (χ3n) is 4.41. The molecular weight excluding hydrogens is 367 g/mol. The second-order valence-electron chi connectivity index (χ2n) is 6.13. The van der Waals surface area contributed by atoms with Crippen LogP contribution in [0.15, 0.2) is 36.7 Å². The minimum Gasteiger partial charge on any atom is -0.388 e. The van der Waals surface area contributed by atoms with Crippen LogP contribution in [0.5, 0.6) is 0 Å². The Hall–Kier alpha value is -2.20. The van der Waals surface area contributed by atoms with Gasteiger partial charge in [0.15, 0.2) is 6.29 Å². The Morgan fingerprint density at radius 3 is 2.85 bits per heavy atom. The van der Waals surface area contributed by atoms with E-state index in [9.17, 15) is 14.3 Å². The van der Waals surface area contributed by atoms with Gasteiger partial charge in [-0.3, -0.25) is 4.68 Å². The molecule has 26 heavy (non-hydrogen) atoms. The van der Waals surface area contributed by atoms with Crippen molar-refractivity contribution in [1.29, 1.82) is 0 Å². The van der Waals surface area contributed by atoms with Gasteiger partial charge in [-0.2, -0.15) is 5.10 Å². The smallest absolute Gasteiger partial charge is 0.319 e. The van der Waals surface area contributed by atoms with E-state index >= 15 is 0 Å². The van der Waals surface area contributed by atoms with E-state index in [1.165, 1.54) is 35.1 Å². The van der Waals surface area contributed by atoms with Crippen LogP contribution in [0.3, 0.4) is 0 Å². The SMILES string of the molecule is O=C(Nc1ccc(F)cc1)N[C@H]1[C@H](O)[C@@H](n2cc(Cl)cn2)[C@@H]2OC[C@H]1O2. The molecule has 3 N–H and O–H groups in total. The summed E-state index contributed by atoms with van der Waals surface area (Å²) in [5.74, 6) is -0.401. The maximum absolute atomic E-state index is 12.9. The summed E-state index contributed by atoms with van der Waals surface area (Å²) in [5, 5.41) is 20.6. The Kier molecular flexibility index (Phi) is 4.53. The van der Waals surface area contributed by atoms with Crippen molar-refractivity contribution in [2.75, 3.05) is 11.9 Å². The van der Waals surface area contributed by atoms with E-state index in [1.54, 1.807) is 6.20 Å². The van der Waals surface area contributed by atoms with Crippen LogP contribution >= 0.6 is 11.6 Å². The fourth-order valence-electron chi connectivity index (χ4n) is 3.19. The van der Waals surface area contributed by atoms with Crippen molar-refractivity contribution < 1.29 is 23.8 Å². The average molecular weight is 383 g/mol. The van der Waals surface area contributed by atoms with Gasteiger partial charge >= 0.3 is 6.03 Å². The maximum Gasteiger partial charge on any atom is 0.319 e. The molecule has 0 unspecified atom stereocenters. The van der Waals surface area contributed by atoms with E-state index in [-0.39, 0.29) is 6.61 Å². The number of fused-ring (bicyclic) bond motifs is 2. The van der Waals surface area contributed by atoms with Gasteiger partial charge in [-0.15, -0.1) is 0 Å². The summed E-state index contributed by atoms with van der Waals surface area (Å²) in [4.78, 5) is 12.3. The molecule has 5 atom stereocenters. The zero-order chi connectivity index (χ0) is 18.3. The lowest BCUT2D eigenvalue weighted by Gasteiger charge is -2.38. The van der Waals surface area contributed by atoms with E-state index in [4.69, 9.17) is 21.1 Å². The van der Waals surface area contributed by atoms with Crippen LogP contribution in [0.4, 0.5) is 14.9 Å². The molecule has 2 aliphatic heterocycles. The predicted molar refractivity (Wildman–Crippen MR) is 89.2 cm³/mol. The first-order valence-corrected chi connectivity index (χ1v) is 8.37. The minimum atomic E-state index is -1.00. The molecule has 138 valence electrons. The lowest BCUT2D eigenvalue weighted by Crippen LogP contribution is -2.59. The number of ether oxygens (including phenoxy) is 2. The molecular formula is C16H16ClFN4O4. The maximum atomic E-state index is 12.9. The monoisotopic (exact) mass is 382 g/mol. The second kappa shape index (κ2) is 6.84.